The molecule has 2 aliphatic carbocycles. The minimum Gasteiger partial charge on any atom is -0.496 e. The summed E-state index contributed by atoms with van der Waals surface area (Å²) >= 11 is 0. The summed E-state index contributed by atoms with van der Waals surface area (Å²) < 4.78 is 26.3. The van der Waals surface area contributed by atoms with Gasteiger partial charge in [0.15, 0.2) is 6.29 Å². The maximum absolute atomic E-state index is 14.6. The van der Waals surface area contributed by atoms with Crippen LogP contribution in [0, 0.1) is 17.8 Å². The molecule has 0 unspecified atom stereocenters. The van der Waals surface area contributed by atoms with E-state index >= 15 is 0 Å². The van der Waals surface area contributed by atoms with Gasteiger partial charge in [0.1, 0.15) is 36.1 Å². The smallest absolute Gasteiger partial charge is 0.239 e. The fourth-order valence-corrected chi connectivity index (χ4v) is 10.3. The molecule has 2 N–H and O–H groups in total. The van der Waals surface area contributed by atoms with E-state index in [4.69, 9.17) is 28.9 Å². The zero-order valence-corrected chi connectivity index (χ0v) is 38.0. The van der Waals surface area contributed by atoms with Gasteiger partial charge in [-0.25, -0.2) is 0 Å². The molecule has 6 atom stereocenters. The highest BCUT2D eigenvalue weighted by atomic mass is 16.7. The maximum atomic E-state index is 14.6. The third-order valence-electron chi connectivity index (χ3n) is 13.1. The van der Waals surface area contributed by atoms with Gasteiger partial charge in [-0.1, -0.05) is 95.4 Å². The fourth-order valence-electron chi connectivity index (χ4n) is 10.3. The summed E-state index contributed by atoms with van der Waals surface area (Å²) in [5.74, 6) is 0.618. The van der Waals surface area contributed by atoms with Gasteiger partial charge in [0, 0.05) is 44.1 Å². The van der Waals surface area contributed by atoms with Crippen LogP contribution in [0.3, 0.4) is 0 Å². The number of amides is 1. The average Bonchev–Trinajstić information content (AvgIpc) is 3.28. The molecule has 11 nitrogen and oxygen atoms in total. The zero-order chi connectivity index (χ0) is 44.3. The molecule has 342 valence electrons. The van der Waals surface area contributed by atoms with Gasteiger partial charge in [-0.15, -0.1) is 6.58 Å². The van der Waals surface area contributed by atoms with Crippen molar-refractivity contribution in [2.24, 2.45) is 22.9 Å². The molecule has 1 amide bonds. The van der Waals surface area contributed by atoms with Crippen molar-refractivity contribution in [3.8, 4) is 23.0 Å². The van der Waals surface area contributed by atoms with Crippen molar-refractivity contribution in [2.45, 2.75) is 147 Å². The number of oxime groups is 1. The number of fused-ring (bicyclic) bond motifs is 2. The minimum atomic E-state index is -1.30. The summed E-state index contributed by atoms with van der Waals surface area (Å²) in [5, 5.41) is 24.5. The second kappa shape index (κ2) is 25.2. The fraction of sp³-hybridized carbons (Fsp3) is 0.627. The Hall–Kier alpha value is -4.19. The number of aliphatic hydroxyl groups excluding tert-OH is 2. The number of nitrogens with zero attached hydrogens (tertiary/aromatic N) is 2. The van der Waals surface area contributed by atoms with Gasteiger partial charge < -0.3 is 38.9 Å². The molecule has 0 radical (unpaired) electrons. The van der Waals surface area contributed by atoms with Gasteiger partial charge in [-0.3, -0.25) is 9.59 Å². The molecule has 0 bridgehead atoms. The number of hydrogen-bond acceptors (Lipinski definition) is 10. The number of methoxy groups -OCH3 is 1. The molecule has 0 saturated heterocycles. The lowest BCUT2D eigenvalue weighted by Gasteiger charge is -2.60. The predicted octanol–water partition coefficient (Wildman–Crippen LogP) is 10.7. The quantitative estimate of drug-likeness (QED) is 0.0355. The van der Waals surface area contributed by atoms with Crippen molar-refractivity contribution in [1.82, 2.24) is 4.90 Å². The molecule has 5 rings (SSSR count). The summed E-state index contributed by atoms with van der Waals surface area (Å²) in [6.07, 6.45) is 21.7. The lowest BCUT2D eigenvalue weighted by atomic mass is 9.55. The Bertz CT molecular complexity index is 1790. The van der Waals surface area contributed by atoms with Crippen molar-refractivity contribution >= 4 is 17.9 Å². The normalized spacial score (nSPS) is 23.1. The first kappa shape index (κ1) is 48.8. The first-order valence-electron chi connectivity index (χ1n) is 23.6. The standard InChI is InChI=1S/C51H74N2O9/c1-6-9-10-11-12-13-14-15-16-23-48(57)53(28-7-2)47-35-44(52-59-5)42-33-37(21-17-19-29-54)41(22-18-20-30-55)49-43-34-40(61-39-24-26-45(58-4)38(32-39)36-56)25-27-46(43)62-51(47,50(42)49)60-31-8-3/h8,24-27,32-34,36-37,41,47,49-50,54-55H,3,6-7,9-23,28-31,35H2,1-2,4-5H3/t37-,41+,47-,49+,50+,51+/m0/s1. The summed E-state index contributed by atoms with van der Waals surface area (Å²) in [6, 6.07) is 10.5. The van der Waals surface area contributed by atoms with Crippen LogP contribution in [-0.2, 0) is 14.4 Å². The molecule has 62 heavy (non-hydrogen) atoms. The number of aliphatic hydroxyl groups is 2. The van der Waals surface area contributed by atoms with Crippen LogP contribution in [0.15, 0.2) is 65.9 Å². The molecule has 2 aromatic carbocycles. The van der Waals surface area contributed by atoms with Crippen LogP contribution in [0.4, 0.5) is 0 Å². The Kier molecular flexibility index (Phi) is 19.8. The second-order valence-electron chi connectivity index (χ2n) is 17.2. The molecule has 1 fully saturated rings. The Labute approximate surface area is 370 Å². The highest BCUT2D eigenvalue weighted by Crippen LogP contribution is 2.62. The van der Waals surface area contributed by atoms with Crippen molar-refractivity contribution < 1.29 is 43.6 Å². The van der Waals surface area contributed by atoms with E-state index in [1.54, 1.807) is 31.4 Å². The van der Waals surface area contributed by atoms with Crippen LogP contribution >= 0.6 is 0 Å². The van der Waals surface area contributed by atoms with Crippen LogP contribution in [0.25, 0.3) is 0 Å². The molecular formula is C51H74N2O9. The van der Waals surface area contributed by atoms with E-state index in [2.05, 4.69) is 26.5 Å². The second-order valence-corrected chi connectivity index (χ2v) is 17.2. The van der Waals surface area contributed by atoms with Crippen molar-refractivity contribution in [3.63, 3.8) is 0 Å². The summed E-state index contributed by atoms with van der Waals surface area (Å²) in [7, 11) is 3.10. The SMILES string of the molecule is C=CCO[C@@]12Oc3ccc(Oc4ccc(OC)c(C=O)c4)cc3[C@H]3[C@H](CCCCO)[C@@H](CCCCO)C=C(C(=NOC)C[C@@H]1N(CCC)C(=O)CCCCCCCCCCC)[C@H]32. The largest absolute Gasteiger partial charge is 0.496 e. The number of aldehydes is 1. The number of allylic oxidation sites excluding steroid dienone is 1. The number of rotatable bonds is 29. The van der Waals surface area contributed by atoms with Gasteiger partial charge in [-0.2, -0.15) is 0 Å². The van der Waals surface area contributed by atoms with E-state index in [9.17, 15) is 19.8 Å². The highest BCUT2D eigenvalue weighted by molar-refractivity contribution is 6.03. The molecule has 2 aromatic rings. The lowest BCUT2D eigenvalue weighted by Crippen LogP contribution is -2.70. The average molecular weight is 859 g/mol. The number of carbonyl (C=O) groups excluding carboxylic acids is 2. The Morgan fingerprint density at radius 3 is 2.26 bits per heavy atom. The van der Waals surface area contributed by atoms with Crippen LogP contribution in [0.2, 0.25) is 0 Å². The molecule has 0 spiro atoms. The van der Waals surface area contributed by atoms with Crippen LogP contribution in [0.1, 0.15) is 151 Å². The predicted molar refractivity (Wildman–Crippen MR) is 244 cm³/mol. The monoisotopic (exact) mass is 859 g/mol. The molecule has 1 saturated carbocycles. The van der Waals surface area contributed by atoms with Gasteiger partial charge >= 0.3 is 0 Å². The van der Waals surface area contributed by atoms with E-state index in [1.165, 1.54) is 45.6 Å². The molecular weight excluding hydrogens is 785 g/mol. The number of ether oxygens (including phenoxy) is 4. The lowest BCUT2D eigenvalue weighted by molar-refractivity contribution is -0.257. The topological polar surface area (TPSA) is 136 Å². The van der Waals surface area contributed by atoms with Crippen molar-refractivity contribution in [3.05, 3.63) is 71.8 Å². The van der Waals surface area contributed by atoms with Gasteiger partial charge in [-0.05, 0) is 92.3 Å². The molecule has 0 aromatic heterocycles. The Balaban J connectivity index is 1.62. The number of hydrogen-bond donors (Lipinski definition) is 2. The van der Waals surface area contributed by atoms with Crippen LogP contribution in [-0.4, -0.2) is 85.4 Å². The van der Waals surface area contributed by atoms with Crippen LogP contribution < -0.4 is 14.2 Å². The van der Waals surface area contributed by atoms with E-state index in [0.717, 1.165) is 74.5 Å². The molecule has 3 aliphatic rings. The van der Waals surface area contributed by atoms with E-state index < -0.39 is 17.7 Å². The minimum absolute atomic E-state index is 0.0843. The number of benzene rings is 2. The van der Waals surface area contributed by atoms with Crippen molar-refractivity contribution in [2.75, 3.05) is 40.6 Å². The summed E-state index contributed by atoms with van der Waals surface area (Å²) in [5.41, 5.74) is 3.12. The first-order valence-corrected chi connectivity index (χ1v) is 23.6. The van der Waals surface area contributed by atoms with E-state index in [-0.39, 0.29) is 43.5 Å². The zero-order valence-electron chi connectivity index (χ0n) is 38.0. The molecule has 11 heteroatoms. The highest BCUT2D eigenvalue weighted by Gasteiger charge is 2.65. The first-order chi connectivity index (χ1) is 30.3. The number of carbonyl (C=O) groups is 2. The third-order valence-corrected chi connectivity index (χ3v) is 13.1. The number of unbranched alkanes of at least 4 members (excludes halogenated alkanes) is 10. The van der Waals surface area contributed by atoms with Gasteiger partial charge in [0.05, 0.1) is 30.9 Å². The summed E-state index contributed by atoms with van der Waals surface area (Å²) in [4.78, 5) is 34.2. The molecule has 1 heterocycles. The van der Waals surface area contributed by atoms with Crippen LogP contribution in [0.5, 0.6) is 23.0 Å². The van der Waals surface area contributed by atoms with E-state index in [0.29, 0.717) is 60.8 Å². The maximum Gasteiger partial charge on any atom is 0.239 e. The molecule has 1 aliphatic heterocycles. The van der Waals surface area contributed by atoms with Crippen molar-refractivity contribution in [1.29, 1.82) is 0 Å². The summed E-state index contributed by atoms with van der Waals surface area (Å²) in [6.45, 7) is 9.36. The Morgan fingerprint density at radius 2 is 1.60 bits per heavy atom. The Morgan fingerprint density at radius 1 is 0.903 bits per heavy atom. The third kappa shape index (κ3) is 11.9. The van der Waals surface area contributed by atoms with Gasteiger partial charge in [0.25, 0.3) is 0 Å². The van der Waals surface area contributed by atoms with E-state index in [1.807, 2.05) is 23.1 Å². The van der Waals surface area contributed by atoms with Gasteiger partial charge in [0.2, 0.25) is 11.7 Å².